The number of amides is 1. The monoisotopic (exact) mass is 296 g/mol. The van der Waals surface area contributed by atoms with E-state index in [1.807, 2.05) is 6.92 Å². The molecule has 0 aliphatic heterocycles. The number of hydrogen-bond donors (Lipinski definition) is 2. The van der Waals surface area contributed by atoms with Crippen molar-refractivity contribution in [3.05, 3.63) is 23.8 Å². The minimum absolute atomic E-state index is 0.238. The lowest BCUT2D eigenvalue weighted by Gasteiger charge is -2.28. The molecule has 5 nitrogen and oxygen atoms in total. The molecular formula is C14H20N2O3S. The van der Waals surface area contributed by atoms with Gasteiger partial charge in [-0.15, -0.1) is 0 Å². The molecule has 0 aliphatic carbocycles. The summed E-state index contributed by atoms with van der Waals surface area (Å²) >= 11 is 5.02. The Kier molecular flexibility index (Phi) is 5.33. The van der Waals surface area contributed by atoms with E-state index in [9.17, 15) is 4.79 Å². The van der Waals surface area contributed by atoms with Gasteiger partial charge < -0.3 is 20.5 Å². The largest absolute Gasteiger partial charge is 0.496 e. The van der Waals surface area contributed by atoms with E-state index in [0.29, 0.717) is 23.5 Å². The van der Waals surface area contributed by atoms with Crippen molar-refractivity contribution >= 4 is 23.1 Å². The highest BCUT2D eigenvalue weighted by Crippen LogP contribution is 2.28. The summed E-state index contributed by atoms with van der Waals surface area (Å²) in [6, 6.07) is 5.14. The Bertz CT molecular complexity index is 497. The average molecular weight is 296 g/mol. The molecule has 1 rings (SSSR count). The molecule has 0 aromatic heterocycles. The van der Waals surface area contributed by atoms with Gasteiger partial charge in [0.1, 0.15) is 17.1 Å². The van der Waals surface area contributed by atoms with Crippen LogP contribution in [0.25, 0.3) is 0 Å². The number of benzene rings is 1. The number of thiocarbonyl (C=S) groups is 1. The van der Waals surface area contributed by atoms with Crippen LogP contribution in [0.5, 0.6) is 11.5 Å². The lowest BCUT2D eigenvalue weighted by atomic mass is 9.98. The molecule has 0 heterocycles. The molecular weight excluding hydrogens is 276 g/mol. The van der Waals surface area contributed by atoms with Gasteiger partial charge in [0, 0.05) is 0 Å². The van der Waals surface area contributed by atoms with Crippen molar-refractivity contribution in [2.75, 3.05) is 14.2 Å². The van der Waals surface area contributed by atoms with Crippen molar-refractivity contribution in [2.24, 2.45) is 5.73 Å². The number of ether oxygens (including phenoxy) is 2. The Morgan fingerprint density at radius 1 is 1.35 bits per heavy atom. The van der Waals surface area contributed by atoms with Crippen molar-refractivity contribution in [3.8, 4) is 11.5 Å². The predicted molar refractivity (Wildman–Crippen MR) is 82.5 cm³/mol. The van der Waals surface area contributed by atoms with Crippen LogP contribution >= 0.6 is 12.2 Å². The molecule has 6 heteroatoms. The summed E-state index contributed by atoms with van der Waals surface area (Å²) < 4.78 is 10.4. The third-order valence-corrected chi connectivity index (χ3v) is 3.75. The Hall–Kier alpha value is -1.82. The third-order valence-electron chi connectivity index (χ3n) is 3.30. The fourth-order valence-corrected chi connectivity index (χ4v) is 1.91. The van der Waals surface area contributed by atoms with E-state index in [4.69, 9.17) is 27.4 Å². The highest BCUT2D eigenvalue weighted by Gasteiger charge is 2.30. The van der Waals surface area contributed by atoms with Gasteiger partial charge in [0.2, 0.25) is 0 Å². The summed E-state index contributed by atoms with van der Waals surface area (Å²) in [5, 5.41) is 2.84. The van der Waals surface area contributed by atoms with Crippen molar-refractivity contribution in [3.63, 3.8) is 0 Å². The summed E-state index contributed by atoms with van der Waals surface area (Å²) in [5.41, 5.74) is 5.28. The van der Waals surface area contributed by atoms with Gasteiger partial charge in [0.05, 0.1) is 24.7 Å². The van der Waals surface area contributed by atoms with E-state index >= 15 is 0 Å². The Labute approximate surface area is 124 Å². The summed E-state index contributed by atoms with van der Waals surface area (Å²) in [4.78, 5) is 12.7. The van der Waals surface area contributed by atoms with Gasteiger partial charge in [0.15, 0.2) is 0 Å². The van der Waals surface area contributed by atoms with Crippen LogP contribution in [0, 0.1) is 0 Å². The van der Waals surface area contributed by atoms with Crippen LogP contribution in [-0.2, 0) is 0 Å². The Morgan fingerprint density at radius 3 is 2.20 bits per heavy atom. The van der Waals surface area contributed by atoms with Crippen LogP contribution in [0.2, 0.25) is 0 Å². The highest BCUT2D eigenvalue weighted by molar-refractivity contribution is 7.80. The van der Waals surface area contributed by atoms with Crippen molar-refractivity contribution in [1.82, 2.24) is 5.32 Å². The van der Waals surface area contributed by atoms with Crippen molar-refractivity contribution < 1.29 is 14.3 Å². The topological polar surface area (TPSA) is 73.6 Å². The molecule has 1 aromatic carbocycles. The van der Waals surface area contributed by atoms with E-state index in [2.05, 4.69) is 5.32 Å². The van der Waals surface area contributed by atoms with Gasteiger partial charge in [-0.2, -0.15) is 0 Å². The molecule has 0 spiro atoms. The molecule has 0 saturated heterocycles. The first kappa shape index (κ1) is 16.2. The average Bonchev–Trinajstić information content (AvgIpc) is 2.45. The molecule has 0 bridgehead atoms. The number of nitrogens with one attached hydrogen (secondary N) is 1. The molecule has 1 unspecified atom stereocenters. The molecule has 20 heavy (non-hydrogen) atoms. The first-order chi connectivity index (χ1) is 9.39. The second kappa shape index (κ2) is 6.56. The van der Waals surface area contributed by atoms with Crippen LogP contribution < -0.4 is 20.5 Å². The van der Waals surface area contributed by atoms with Crippen LogP contribution in [0.3, 0.4) is 0 Å². The maximum Gasteiger partial charge on any atom is 0.259 e. The number of methoxy groups -OCH3 is 2. The summed E-state index contributed by atoms with van der Waals surface area (Å²) in [6.07, 6.45) is 0.589. The van der Waals surface area contributed by atoms with Crippen molar-refractivity contribution in [2.45, 2.75) is 25.8 Å². The van der Waals surface area contributed by atoms with Crippen LogP contribution in [-0.4, -0.2) is 30.7 Å². The number of hydrogen-bond acceptors (Lipinski definition) is 4. The zero-order valence-electron chi connectivity index (χ0n) is 12.1. The number of carbonyl (C=O) groups excluding carboxylic acids is 1. The minimum atomic E-state index is -0.752. The molecule has 3 N–H and O–H groups in total. The minimum Gasteiger partial charge on any atom is -0.496 e. The van der Waals surface area contributed by atoms with Crippen LogP contribution in [0.4, 0.5) is 0 Å². The molecule has 1 amide bonds. The van der Waals surface area contributed by atoms with Gasteiger partial charge in [-0.1, -0.05) is 25.2 Å². The highest BCUT2D eigenvalue weighted by atomic mass is 32.1. The van der Waals surface area contributed by atoms with Crippen molar-refractivity contribution in [1.29, 1.82) is 0 Å². The maximum atomic E-state index is 12.5. The number of carbonyl (C=O) groups is 1. The zero-order chi connectivity index (χ0) is 15.3. The normalized spacial score (nSPS) is 13.2. The lowest BCUT2D eigenvalue weighted by Crippen LogP contribution is -2.54. The summed E-state index contributed by atoms with van der Waals surface area (Å²) in [6.45, 7) is 3.69. The van der Waals surface area contributed by atoms with E-state index < -0.39 is 5.54 Å². The van der Waals surface area contributed by atoms with Crippen LogP contribution in [0.15, 0.2) is 18.2 Å². The quantitative estimate of drug-likeness (QED) is 0.784. The van der Waals surface area contributed by atoms with Gasteiger partial charge >= 0.3 is 0 Å². The lowest BCUT2D eigenvalue weighted by molar-refractivity contribution is 0.0920. The molecule has 1 atom stereocenters. The van der Waals surface area contributed by atoms with Crippen LogP contribution in [0.1, 0.15) is 30.6 Å². The fourth-order valence-electron chi connectivity index (χ4n) is 1.71. The standard InChI is InChI=1S/C14H20N2O3S/c1-5-14(2,13(15)20)16-12(17)11-9(18-3)7-6-8-10(11)19-4/h6-8H,5H2,1-4H3,(H2,15,20)(H,16,17). The molecule has 0 saturated carbocycles. The molecule has 110 valence electrons. The summed E-state index contributed by atoms with van der Waals surface area (Å²) in [5.74, 6) is 0.530. The molecule has 0 fully saturated rings. The van der Waals surface area contributed by atoms with E-state index in [-0.39, 0.29) is 10.9 Å². The molecule has 0 aliphatic rings. The van der Waals surface area contributed by atoms with E-state index in [1.54, 1.807) is 25.1 Å². The van der Waals surface area contributed by atoms with Gasteiger partial charge in [-0.3, -0.25) is 4.79 Å². The second-order valence-electron chi connectivity index (χ2n) is 4.54. The zero-order valence-corrected chi connectivity index (χ0v) is 13.0. The first-order valence-corrected chi connectivity index (χ1v) is 6.63. The number of rotatable bonds is 6. The predicted octanol–water partition coefficient (Wildman–Crippen LogP) is 1.89. The molecule has 0 radical (unpaired) electrons. The van der Waals surface area contributed by atoms with Gasteiger partial charge in [-0.25, -0.2) is 0 Å². The first-order valence-electron chi connectivity index (χ1n) is 6.23. The van der Waals surface area contributed by atoms with Gasteiger partial charge in [-0.05, 0) is 25.5 Å². The Morgan fingerprint density at radius 2 is 1.85 bits per heavy atom. The Balaban J connectivity index is 3.18. The van der Waals surface area contributed by atoms with E-state index in [1.165, 1.54) is 14.2 Å². The van der Waals surface area contributed by atoms with Gasteiger partial charge in [0.25, 0.3) is 5.91 Å². The summed E-state index contributed by atoms with van der Waals surface area (Å²) in [7, 11) is 3.00. The van der Waals surface area contributed by atoms with E-state index in [0.717, 1.165) is 0 Å². The maximum absolute atomic E-state index is 12.5. The smallest absolute Gasteiger partial charge is 0.259 e. The second-order valence-corrected chi connectivity index (χ2v) is 4.98. The molecule has 1 aromatic rings. The number of nitrogens with two attached hydrogens (primary N) is 1. The fraction of sp³-hybridized carbons (Fsp3) is 0.429. The SMILES string of the molecule is CCC(C)(NC(=O)c1c(OC)cccc1OC)C(N)=S. The third kappa shape index (κ3) is 3.19.